The Kier molecular flexibility index (Phi) is 7.13. The molecular weight excluding hydrogens is 422 g/mol. The molecule has 4 aromatic carbocycles. The summed E-state index contributed by atoms with van der Waals surface area (Å²) in [5.41, 5.74) is 1.56. The van der Waals surface area contributed by atoms with Gasteiger partial charge >= 0.3 is 0 Å². The molecule has 4 rings (SSSR count). The van der Waals surface area contributed by atoms with Gasteiger partial charge in [-0.3, -0.25) is 9.59 Å². The Bertz CT molecular complexity index is 1160. The first kappa shape index (κ1) is 23.3. The van der Waals surface area contributed by atoms with Gasteiger partial charge in [0.2, 0.25) is 0 Å². The monoisotopic (exact) mass is 447 g/mol. The fraction of sp³-hybridized carbons (Fsp3) is 0.154. The van der Waals surface area contributed by atoms with Crippen LogP contribution in [0.5, 0.6) is 0 Å². The molecule has 0 fully saturated rings. The molecule has 2 N–H and O–H groups in total. The first-order chi connectivity index (χ1) is 14.9. The summed E-state index contributed by atoms with van der Waals surface area (Å²) >= 11 is 0. The van der Waals surface area contributed by atoms with Gasteiger partial charge in [0.1, 0.15) is 0 Å². The lowest BCUT2D eigenvalue weighted by molar-refractivity contribution is -0.874. The van der Waals surface area contributed by atoms with E-state index in [2.05, 4.69) is 10.6 Å². The van der Waals surface area contributed by atoms with Crippen molar-refractivity contribution in [3.63, 3.8) is 0 Å². The zero-order chi connectivity index (χ0) is 21.8. The van der Waals surface area contributed by atoms with E-state index in [4.69, 9.17) is 0 Å². The lowest BCUT2D eigenvalue weighted by Crippen LogP contribution is -3.00. The van der Waals surface area contributed by atoms with E-state index in [1.54, 1.807) is 0 Å². The number of fused-ring (bicyclic) bond motifs is 2. The maximum Gasteiger partial charge on any atom is 0.279 e. The Morgan fingerprint density at radius 2 is 1.00 bits per heavy atom. The van der Waals surface area contributed by atoms with Crippen LogP contribution in [0.4, 0.5) is 11.4 Å². The first-order valence-electron chi connectivity index (χ1n) is 10.3. The topological polar surface area (TPSA) is 58.2 Å². The third-order valence-corrected chi connectivity index (χ3v) is 5.27. The largest absolute Gasteiger partial charge is 1.00 e. The van der Waals surface area contributed by atoms with Gasteiger partial charge in [-0.25, -0.2) is 0 Å². The predicted molar refractivity (Wildman–Crippen MR) is 127 cm³/mol. The predicted octanol–water partition coefficient (Wildman–Crippen LogP) is 1.65. The number of quaternary nitrogens is 1. The zero-order valence-corrected chi connectivity index (χ0v) is 18.9. The maximum absolute atomic E-state index is 12.7. The number of halogens is 1. The van der Waals surface area contributed by atoms with Crippen molar-refractivity contribution >= 4 is 44.7 Å². The molecule has 2 amide bonds. The van der Waals surface area contributed by atoms with Crippen molar-refractivity contribution in [3.8, 4) is 0 Å². The highest BCUT2D eigenvalue weighted by Gasteiger charge is 2.24. The van der Waals surface area contributed by atoms with Crippen molar-refractivity contribution in [2.75, 3.05) is 37.8 Å². The molecule has 0 saturated carbocycles. The van der Waals surface area contributed by atoms with Crippen LogP contribution in [0.25, 0.3) is 21.5 Å². The molecule has 0 unspecified atom stereocenters. The molecule has 0 bridgehead atoms. The number of hydrogen-bond acceptors (Lipinski definition) is 2. The SMILES string of the molecule is C[N+](C)(CC(=O)Nc1cccc2ccccc12)CC(=O)Nc1cccc2ccccc12.[Cl-]. The minimum Gasteiger partial charge on any atom is -1.00 e. The van der Waals surface area contributed by atoms with E-state index in [-0.39, 0.29) is 41.8 Å². The highest BCUT2D eigenvalue weighted by Crippen LogP contribution is 2.24. The number of benzene rings is 4. The summed E-state index contributed by atoms with van der Waals surface area (Å²) in [5, 5.41) is 10.1. The standard InChI is InChI=1S/C26H25N3O2.ClH/c1-29(2,17-25(30)27-23-15-7-11-19-9-3-5-13-21(19)23)18-26(31)28-24-16-8-12-20-10-4-6-14-22(20)24;/h3-16H,17-18H2,1-2H3,(H-,27,28,30,31);1H. The number of hydrogen-bond donors (Lipinski definition) is 2. The van der Waals surface area contributed by atoms with E-state index in [0.29, 0.717) is 0 Å². The van der Waals surface area contributed by atoms with E-state index >= 15 is 0 Å². The van der Waals surface area contributed by atoms with Crippen LogP contribution in [0.15, 0.2) is 84.9 Å². The molecule has 0 aliphatic carbocycles. The number of amides is 2. The summed E-state index contributed by atoms with van der Waals surface area (Å²) in [4.78, 5) is 25.5. The molecule has 32 heavy (non-hydrogen) atoms. The normalized spacial score (nSPS) is 11.1. The van der Waals surface area contributed by atoms with Crippen molar-refractivity contribution in [1.82, 2.24) is 0 Å². The van der Waals surface area contributed by atoms with E-state index in [1.165, 1.54) is 0 Å². The van der Waals surface area contributed by atoms with Gasteiger partial charge in [0.05, 0.1) is 14.1 Å². The molecule has 0 spiro atoms. The second kappa shape index (κ2) is 9.81. The summed E-state index contributed by atoms with van der Waals surface area (Å²) in [6.45, 7) is 0.373. The van der Waals surface area contributed by atoms with Gasteiger partial charge in [0.25, 0.3) is 11.8 Å². The van der Waals surface area contributed by atoms with Crippen molar-refractivity contribution in [2.45, 2.75) is 0 Å². The number of anilines is 2. The molecule has 6 heteroatoms. The molecule has 0 aliphatic rings. The van der Waals surface area contributed by atoms with Crippen LogP contribution >= 0.6 is 0 Å². The summed E-state index contributed by atoms with van der Waals surface area (Å²) in [6.07, 6.45) is 0. The van der Waals surface area contributed by atoms with Crippen molar-refractivity contribution in [1.29, 1.82) is 0 Å². The zero-order valence-electron chi connectivity index (χ0n) is 18.1. The van der Waals surface area contributed by atoms with Gasteiger partial charge in [-0.15, -0.1) is 0 Å². The highest BCUT2D eigenvalue weighted by molar-refractivity contribution is 6.03. The smallest absolute Gasteiger partial charge is 0.279 e. The molecule has 0 radical (unpaired) electrons. The van der Waals surface area contributed by atoms with Crippen LogP contribution in [0.2, 0.25) is 0 Å². The number of carbonyl (C=O) groups is 2. The lowest BCUT2D eigenvalue weighted by atomic mass is 10.1. The van der Waals surface area contributed by atoms with Crippen LogP contribution in [0, 0.1) is 0 Å². The minimum absolute atomic E-state index is 0. The Morgan fingerprint density at radius 1 is 0.625 bits per heavy atom. The average Bonchev–Trinajstić information content (AvgIpc) is 2.73. The third kappa shape index (κ3) is 5.44. The molecule has 164 valence electrons. The van der Waals surface area contributed by atoms with E-state index in [9.17, 15) is 9.59 Å². The van der Waals surface area contributed by atoms with Crippen LogP contribution in [0.1, 0.15) is 0 Å². The van der Waals surface area contributed by atoms with Gasteiger partial charge in [-0.05, 0) is 22.9 Å². The molecule has 5 nitrogen and oxygen atoms in total. The fourth-order valence-electron chi connectivity index (χ4n) is 3.88. The molecule has 0 atom stereocenters. The van der Waals surface area contributed by atoms with Gasteiger partial charge in [-0.2, -0.15) is 0 Å². The van der Waals surface area contributed by atoms with E-state index in [1.807, 2.05) is 99.0 Å². The summed E-state index contributed by atoms with van der Waals surface area (Å²) in [5.74, 6) is -0.251. The van der Waals surface area contributed by atoms with Crippen LogP contribution < -0.4 is 23.0 Å². The van der Waals surface area contributed by atoms with Crippen LogP contribution in [-0.4, -0.2) is 43.5 Å². The molecule has 4 aromatic rings. The van der Waals surface area contributed by atoms with Gasteiger partial charge in [0, 0.05) is 22.1 Å². The Morgan fingerprint density at radius 3 is 1.44 bits per heavy atom. The number of likely N-dealkylation sites (N-methyl/N-ethyl adjacent to an activating group) is 1. The maximum atomic E-state index is 12.7. The summed E-state index contributed by atoms with van der Waals surface area (Å²) in [6, 6.07) is 27.5. The van der Waals surface area contributed by atoms with E-state index < -0.39 is 0 Å². The van der Waals surface area contributed by atoms with Crippen LogP contribution in [0.3, 0.4) is 0 Å². The minimum atomic E-state index is -0.126. The average molecular weight is 448 g/mol. The van der Waals surface area contributed by atoms with Gasteiger partial charge < -0.3 is 27.5 Å². The molecule has 0 aromatic heterocycles. The second-order valence-corrected chi connectivity index (χ2v) is 8.40. The highest BCUT2D eigenvalue weighted by atomic mass is 35.5. The van der Waals surface area contributed by atoms with E-state index in [0.717, 1.165) is 32.9 Å². The fourth-order valence-corrected chi connectivity index (χ4v) is 3.88. The second-order valence-electron chi connectivity index (χ2n) is 8.40. The van der Waals surface area contributed by atoms with Crippen molar-refractivity contribution in [3.05, 3.63) is 84.9 Å². The molecule has 0 heterocycles. The number of carbonyl (C=O) groups excluding carboxylic acids is 2. The quantitative estimate of drug-likeness (QED) is 0.442. The summed E-state index contributed by atoms with van der Waals surface area (Å²) < 4.78 is 0.243. The Balaban J connectivity index is 0.00000289. The lowest BCUT2D eigenvalue weighted by Gasteiger charge is -2.28. The first-order valence-corrected chi connectivity index (χ1v) is 10.3. The van der Waals surface area contributed by atoms with Crippen LogP contribution in [-0.2, 0) is 9.59 Å². The number of nitrogens with zero attached hydrogens (tertiary/aromatic N) is 1. The molecular formula is C26H26ClN3O2. The van der Waals surface area contributed by atoms with Crippen molar-refractivity contribution in [2.24, 2.45) is 0 Å². The third-order valence-electron chi connectivity index (χ3n) is 5.27. The number of rotatable bonds is 6. The number of nitrogens with one attached hydrogen (secondary N) is 2. The Hall–Kier alpha value is -3.41. The molecule has 0 saturated heterocycles. The summed E-state index contributed by atoms with van der Waals surface area (Å²) in [7, 11) is 3.76. The van der Waals surface area contributed by atoms with Gasteiger partial charge in [-0.1, -0.05) is 72.8 Å². The molecule has 0 aliphatic heterocycles. The van der Waals surface area contributed by atoms with Gasteiger partial charge in [0.15, 0.2) is 13.1 Å². The van der Waals surface area contributed by atoms with Crippen molar-refractivity contribution < 1.29 is 26.5 Å². The Labute approximate surface area is 194 Å².